The molecule has 0 saturated heterocycles. The first-order valence-corrected chi connectivity index (χ1v) is 7.46. The van der Waals surface area contributed by atoms with E-state index in [0.29, 0.717) is 19.6 Å². The number of carbonyl (C=O) groups excluding carboxylic acids is 1. The molecule has 0 spiro atoms. The van der Waals surface area contributed by atoms with E-state index in [-0.39, 0.29) is 5.91 Å². The van der Waals surface area contributed by atoms with Crippen LogP contribution in [0.2, 0.25) is 0 Å². The highest BCUT2D eigenvalue weighted by molar-refractivity contribution is 9.10. The lowest BCUT2D eigenvalue weighted by Crippen LogP contribution is -2.33. The highest BCUT2D eigenvalue weighted by atomic mass is 79.9. The van der Waals surface area contributed by atoms with E-state index in [1.54, 1.807) is 7.11 Å². The van der Waals surface area contributed by atoms with Gasteiger partial charge in [0.1, 0.15) is 5.75 Å². The molecule has 110 valence electrons. The fraction of sp³-hybridized carbons (Fsp3) is 0.533. The number of methoxy groups -OCH3 is 1. The highest BCUT2D eigenvalue weighted by Gasteiger charge is 2.22. The van der Waals surface area contributed by atoms with Crippen LogP contribution in [0.5, 0.6) is 5.75 Å². The lowest BCUT2D eigenvalue weighted by Gasteiger charge is -2.22. The zero-order valence-electron chi connectivity index (χ0n) is 12.1. The Hall–Kier alpha value is -1.07. The number of fused-ring (bicyclic) bond motifs is 1. The number of rotatable bonds is 5. The van der Waals surface area contributed by atoms with E-state index in [4.69, 9.17) is 9.47 Å². The highest BCUT2D eigenvalue weighted by Crippen LogP contribution is 2.32. The van der Waals surface area contributed by atoms with Crippen molar-refractivity contribution in [3.05, 3.63) is 27.7 Å². The number of ether oxygens (including phenoxy) is 2. The van der Waals surface area contributed by atoms with Crippen molar-refractivity contribution in [1.82, 2.24) is 5.32 Å². The second-order valence-electron chi connectivity index (χ2n) is 5.57. The number of nitrogens with one attached hydrogen (secondary N) is 1. The minimum atomic E-state index is -0.445. The molecule has 0 radical (unpaired) electrons. The van der Waals surface area contributed by atoms with E-state index in [1.807, 2.05) is 19.9 Å². The molecule has 1 aliphatic heterocycles. The molecule has 0 fully saturated rings. The molecule has 4 nitrogen and oxygen atoms in total. The summed E-state index contributed by atoms with van der Waals surface area (Å²) in [4.78, 5) is 11.9. The van der Waals surface area contributed by atoms with E-state index in [1.165, 1.54) is 5.56 Å². The Morgan fingerprint density at radius 2 is 2.25 bits per heavy atom. The molecule has 1 amide bonds. The molecule has 0 aromatic heterocycles. The summed E-state index contributed by atoms with van der Waals surface area (Å²) in [5.74, 6) is 0.892. The van der Waals surface area contributed by atoms with Gasteiger partial charge in [-0.3, -0.25) is 4.79 Å². The van der Waals surface area contributed by atoms with Gasteiger partial charge in [0, 0.05) is 30.1 Å². The minimum Gasteiger partial charge on any atom is -0.493 e. The van der Waals surface area contributed by atoms with Crippen molar-refractivity contribution in [2.75, 3.05) is 13.7 Å². The molecule has 0 unspecified atom stereocenters. The van der Waals surface area contributed by atoms with E-state index < -0.39 is 5.60 Å². The van der Waals surface area contributed by atoms with Gasteiger partial charge in [-0.25, -0.2) is 0 Å². The number of amides is 1. The lowest BCUT2D eigenvalue weighted by atomic mass is 10.0. The summed E-state index contributed by atoms with van der Waals surface area (Å²) in [5.41, 5.74) is 1.76. The summed E-state index contributed by atoms with van der Waals surface area (Å²) >= 11 is 3.49. The Morgan fingerprint density at radius 1 is 1.50 bits per heavy atom. The number of hydrogen-bond donors (Lipinski definition) is 1. The Balaban J connectivity index is 2.00. The van der Waals surface area contributed by atoms with Crippen LogP contribution in [-0.2, 0) is 22.5 Å². The van der Waals surface area contributed by atoms with Crippen molar-refractivity contribution in [2.24, 2.45) is 0 Å². The van der Waals surface area contributed by atoms with E-state index in [9.17, 15) is 4.79 Å². The maximum Gasteiger partial charge on any atom is 0.223 e. The fourth-order valence-electron chi connectivity index (χ4n) is 2.19. The summed E-state index contributed by atoms with van der Waals surface area (Å²) < 4.78 is 11.9. The van der Waals surface area contributed by atoms with Crippen LogP contribution in [0.25, 0.3) is 0 Å². The largest absolute Gasteiger partial charge is 0.493 e. The molecule has 1 heterocycles. The Bertz CT molecular complexity index is 514. The molecule has 0 bridgehead atoms. The Morgan fingerprint density at radius 3 is 2.95 bits per heavy atom. The number of carbonyl (C=O) groups is 1. The van der Waals surface area contributed by atoms with E-state index in [2.05, 4.69) is 27.3 Å². The first kappa shape index (κ1) is 15.3. The second-order valence-corrected chi connectivity index (χ2v) is 6.48. The van der Waals surface area contributed by atoms with Crippen LogP contribution < -0.4 is 10.1 Å². The fourth-order valence-corrected chi connectivity index (χ4v) is 2.75. The monoisotopic (exact) mass is 341 g/mol. The first-order chi connectivity index (χ1) is 9.41. The summed E-state index contributed by atoms with van der Waals surface area (Å²) in [6.07, 6.45) is 1.26. The quantitative estimate of drug-likeness (QED) is 0.895. The zero-order valence-corrected chi connectivity index (χ0v) is 13.7. The SMILES string of the molecule is COC(C)(C)CC(=O)NCc1cc(Br)cc2c1OCC2. The van der Waals surface area contributed by atoms with Gasteiger partial charge < -0.3 is 14.8 Å². The van der Waals surface area contributed by atoms with Crippen LogP contribution in [0.3, 0.4) is 0 Å². The molecule has 1 aliphatic rings. The zero-order chi connectivity index (χ0) is 14.8. The van der Waals surface area contributed by atoms with Gasteiger partial charge in [-0.15, -0.1) is 0 Å². The summed E-state index contributed by atoms with van der Waals surface area (Å²) in [6.45, 7) is 4.98. The van der Waals surface area contributed by atoms with Crippen molar-refractivity contribution >= 4 is 21.8 Å². The Labute approximate surface area is 128 Å². The molecule has 0 saturated carbocycles. The average Bonchev–Trinajstić information content (AvgIpc) is 2.83. The molecule has 0 atom stereocenters. The smallest absolute Gasteiger partial charge is 0.223 e. The number of halogens is 1. The maximum atomic E-state index is 11.9. The minimum absolute atomic E-state index is 0.0245. The normalized spacial score (nSPS) is 13.8. The van der Waals surface area contributed by atoms with Gasteiger partial charge in [-0.1, -0.05) is 15.9 Å². The van der Waals surface area contributed by atoms with Gasteiger partial charge in [0.05, 0.1) is 18.6 Å². The lowest BCUT2D eigenvalue weighted by molar-refractivity contribution is -0.126. The second kappa shape index (κ2) is 6.14. The Kier molecular flexibility index (Phi) is 4.70. The van der Waals surface area contributed by atoms with Crippen LogP contribution in [0, 0.1) is 0 Å². The van der Waals surface area contributed by atoms with Gasteiger partial charge >= 0.3 is 0 Å². The van der Waals surface area contributed by atoms with Crippen molar-refractivity contribution < 1.29 is 14.3 Å². The third-order valence-electron chi connectivity index (χ3n) is 3.44. The average molecular weight is 342 g/mol. The van der Waals surface area contributed by atoms with Crippen molar-refractivity contribution in [2.45, 2.75) is 38.8 Å². The predicted octanol–water partition coefficient (Wildman–Crippen LogP) is 2.82. The van der Waals surface area contributed by atoms with Crippen molar-refractivity contribution in [3.63, 3.8) is 0 Å². The van der Waals surface area contributed by atoms with Gasteiger partial charge in [-0.05, 0) is 31.5 Å². The summed E-state index contributed by atoms with van der Waals surface area (Å²) in [5, 5.41) is 2.93. The topological polar surface area (TPSA) is 47.6 Å². The third kappa shape index (κ3) is 3.73. The molecule has 20 heavy (non-hydrogen) atoms. The number of benzene rings is 1. The van der Waals surface area contributed by atoms with Gasteiger partial charge in [0.2, 0.25) is 5.91 Å². The van der Waals surface area contributed by atoms with Gasteiger partial charge in [0.15, 0.2) is 0 Å². The molecule has 1 aromatic carbocycles. The molecule has 0 aliphatic carbocycles. The van der Waals surface area contributed by atoms with Crippen LogP contribution in [0.4, 0.5) is 0 Å². The first-order valence-electron chi connectivity index (χ1n) is 6.67. The van der Waals surface area contributed by atoms with Crippen LogP contribution in [-0.4, -0.2) is 25.2 Å². The van der Waals surface area contributed by atoms with Gasteiger partial charge in [0.25, 0.3) is 0 Å². The van der Waals surface area contributed by atoms with Gasteiger partial charge in [-0.2, -0.15) is 0 Å². The van der Waals surface area contributed by atoms with E-state index >= 15 is 0 Å². The number of hydrogen-bond acceptors (Lipinski definition) is 3. The molecule has 1 N–H and O–H groups in total. The summed E-state index contributed by atoms with van der Waals surface area (Å²) in [7, 11) is 1.61. The van der Waals surface area contributed by atoms with E-state index in [0.717, 1.165) is 22.2 Å². The summed E-state index contributed by atoms with van der Waals surface area (Å²) in [6, 6.07) is 4.06. The predicted molar refractivity (Wildman–Crippen MR) is 80.9 cm³/mol. The molecule has 5 heteroatoms. The van der Waals surface area contributed by atoms with Crippen LogP contribution >= 0.6 is 15.9 Å². The van der Waals surface area contributed by atoms with Crippen LogP contribution in [0.1, 0.15) is 31.4 Å². The molecule has 2 rings (SSSR count). The van der Waals surface area contributed by atoms with Crippen LogP contribution in [0.15, 0.2) is 16.6 Å². The molecule has 1 aromatic rings. The third-order valence-corrected chi connectivity index (χ3v) is 3.90. The molecular formula is C15H20BrNO3. The molecular weight excluding hydrogens is 322 g/mol. The standard InChI is InChI=1S/C15H20BrNO3/c1-15(2,19-3)8-13(18)17-9-11-7-12(16)6-10-4-5-20-14(10)11/h6-7H,4-5,8-9H2,1-3H3,(H,17,18). The van der Waals surface area contributed by atoms with Crippen molar-refractivity contribution in [3.8, 4) is 5.75 Å². The van der Waals surface area contributed by atoms with Crippen molar-refractivity contribution in [1.29, 1.82) is 0 Å². The maximum absolute atomic E-state index is 11.9.